The van der Waals surface area contributed by atoms with Crippen LogP contribution in [-0.4, -0.2) is 28.2 Å². The van der Waals surface area contributed by atoms with Gasteiger partial charge in [0.2, 0.25) is 0 Å². The van der Waals surface area contributed by atoms with Crippen LogP contribution in [0.3, 0.4) is 0 Å². The second-order valence-corrected chi connectivity index (χ2v) is 4.63. The van der Waals surface area contributed by atoms with Crippen molar-refractivity contribution in [1.82, 2.24) is 0 Å². The molecule has 0 saturated carbocycles. The minimum Gasteiger partial charge on any atom is -0.382 e. The van der Waals surface area contributed by atoms with Gasteiger partial charge in [-0.25, -0.2) is 8.37 Å². The Balaban J connectivity index is 2.26. The lowest BCUT2D eigenvalue weighted by atomic mass is 10.1. The highest BCUT2D eigenvalue weighted by molar-refractivity contribution is 7.82. The van der Waals surface area contributed by atoms with E-state index in [1.807, 2.05) is 18.2 Å². The molecular formula is C10H12O5S. The van der Waals surface area contributed by atoms with Crippen LogP contribution in [0.5, 0.6) is 0 Å². The van der Waals surface area contributed by atoms with Crippen molar-refractivity contribution in [2.75, 3.05) is 13.7 Å². The van der Waals surface area contributed by atoms with Crippen LogP contribution < -0.4 is 0 Å². The Bertz CT molecular complexity index is 442. The Morgan fingerprint density at radius 3 is 2.56 bits per heavy atom. The summed E-state index contributed by atoms with van der Waals surface area (Å²) in [7, 11) is -2.41. The third kappa shape index (κ3) is 2.41. The summed E-state index contributed by atoms with van der Waals surface area (Å²) < 4.78 is 37.0. The first-order chi connectivity index (χ1) is 7.62. The largest absolute Gasteiger partial charge is 0.401 e. The summed E-state index contributed by atoms with van der Waals surface area (Å²) in [5, 5.41) is 0. The normalized spacial score (nSPS) is 28.1. The number of hydrogen-bond acceptors (Lipinski definition) is 5. The quantitative estimate of drug-likeness (QED) is 0.794. The zero-order valence-corrected chi connectivity index (χ0v) is 9.51. The average Bonchev–Trinajstić information content (AvgIpc) is 2.56. The number of ether oxygens (including phenoxy) is 1. The molecule has 0 aromatic heterocycles. The minimum absolute atomic E-state index is 0.165. The van der Waals surface area contributed by atoms with Crippen molar-refractivity contribution in [3.63, 3.8) is 0 Å². The Labute approximate surface area is 94.3 Å². The predicted molar refractivity (Wildman–Crippen MR) is 55.9 cm³/mol. The first kappa shape index (κ1) is 11.5. The second-order valence-electron chi connectivity index (χ2n) is 3.43. The van der Waals surface area contributed by atoms with Gasteiger partial charge in [0, 0.05) is 7.11 Å². The van der Waals surface area contributed by atoms with Gasteiger partial charge in [-0.3, -0.25) is 0 Å². The molecule has 2 rings (SSSR count). The lowest BCUT2D eigenvalue weighted by Gasteiger charge is -2.13. The van der Waals surface area contributed by atoms with E-state index in [0.717, 1.165) is 5.56 Å². The minimum atomic E-state index is -3.89. The summed E-state index contributed by atoms with van der Waals surface area (Å²) in [6.45, 7) is 0.165. The van der Waals surface area contributed by atoms with Crippen LogP contribution in [-0.2, 0) is 23.5 Å². The fourth-order valence-electron chi connectivity index (χ4n) is 1.61. The number of benzene rings is 1. The second kappa shape index (κ2) is 4.50. The Morgan fingerprint density at radius 1 is 1.25 bits per heavy atom. The van der Waals surface area contributed by atoms with Crippen LogP contribution in [0.2, 0.25) is 0 Å². The van der Waals surface area contributed by atoms with E-state index in [0.29, 0.717) is 0 Å². The van der Waals surface area contributed by atoms with Gasteiger partial charge in [0.25, 0.3) is 0 Å². The first-order valence-electron chi connectivity index (χ1n) is 4.78. The van der Waals surface area contributed by atoms with Crippen LogP contribution in [0.25, 0.3) is 0 Å². The van der Waals surface area contributed by atoms with Crippen molar-refractivity contribution in [2.24, 2.45) is 0 Å². The van der Waals surface area contributed by atoms with Crippen LogP contribution in [0.4, 0.5) is 0 Å². The van der Waals surface area contributed by atoms with Gasteiger partial charge in [0.05, 0.1) is 6.61 Å². The van der Waals surface area contributed by atoms with E-state index < -0.39 is 22.6 Å². The van der Waals surface area contributed by atoms with Gasteiger partial charge in [-0.05, 0) is 5.56 Å². The van der Waals surface area contributed by atoms with E-state index >= 15 is 0 Å². The van der Waals surface area contributed by atoms with Gasteiger partial charge >= 0.3 is 10.4 Å². The predicted octanol–water partition coefficient (Wildman–Crippen LogP) is 1.03. The van der Waals surface area contributed by atoms with Crippen molar-refractivity contribution >= 4 is 10.4 Å². The molecule has 0 radical (unpaired) electrons. The van der Waals surface area contributed by atoms with Crippen molar-refractivity contribution in [3.8, 4) is 0 Å². The van der Waals surface area contributed by atoms with Crippen LogP contribution >= 0.6 is 0 Å². The van der Waals surface area contributed by atoms with E-state index in [2.05, 4.69) is 0 Å². The fourth-order valence-corrected chi connectivity index (χ4v) is 2.60. The molecule has 1 aromatic rings. The van der Waals surface area contributed by atoms with E-state index in [1.54, 1.807) is 12.1 Å². The summed E-state index contributed by atoms with van der Waals surface area (Å²) in [5.74, 6) is 0. The van der Waals surface area contributed by atoms with Gasteiger partial charge in [-0.15, -0.1) is 0 Å². The highest BCUT2D eigenvalue weighted by Crippen LogP contribution is 2.33. The maximum Gasteiger partial charge on any atom is 0.401 e. The molecule has 0 N–H and O–H groups in total. The van der Waals surface area contributed by atoms with Gasteiger partial charge in [-0.2, -0.15) is 8.42 Å². The van der Waals surface area contributed by atoms with Crippen molar-refractivity contribution in [1.29, 1.82) is 0 Å². The molecule has 6 heteroatoms. The molecule has 1 saturated heterocycles. The highest BCUT2D eigenvalue weighted by atomic mass is 32.3. The molecule has 1 heterocycles. The van der Waals surface area contributed by atoms with Gasteiger partial charge in [0.1, 0.15) is 12.2 Å². The lowest BCUT2D eigenvalue weighted by molar-refractivity contribution is 0.0613. The Hall–Kier alpha value is -0.950. The monoisotopic (exact) mass is 244 g/mol. The zero-order valence-electron chi connectivity index (χ0n) is 8.70. The van der Waals surface area contributed by atoms with Crippen molar-refractivity contribution < 1.29 is 21.5 Å². The van der Waals surface area contributed by atoms with Gasteiger partial charge < -0.3 is 4.74 Å². The first-order valence-corrected chi connectivity index (χ1v) is 6.11. The molecule has 0 aliphatic carbocycles. The molecule has 1 aliphatic heterocycles. The molecule has 0 bridgehead atoms. The summed E-state index contributed by atoms with van der Waals surface area (Å²) in [4.78, 5) is 0. The van der Waals surface area contributed by atoms with Gasteiger partial charge in [-0.1, -0.05) is 30.3 Å². The molecule has 16 heavy (non-hydrogen) atoms. The summed E-state index contributed by atoms with van der Waals surface area (Å²) in [6, 6.07) is 9.05. The molecule has 0 amide bonds. The molecule has 1 aromatic carbocycles. The van der Waals surface area contributed by atoms with Gasteiger partial charge in [0.15, 0.2) is 0 Å². The molecule has 0 unspecified atom stereocenters. The summed E-state index contributed by atoms with van der Waals surface area (Å²) in [6.07, 6.45) is -1.26. The van der Waals surface area contributed by atoms with E-state index in [-0.39, 0.29) is 6.61 Å². The maximum absolute atomic E-state index is 11.2. The lowest BCUT2D eigenvalue weighted by Crippen LogP contribution is -2.20. The fraction of sp³-hybridized carbons (Fsp3) is 0.400. The van der Waals surface area contributed by atoms with E-state index in [1.165, 1.54) is 7.11 Å². The van der Waals surface area contributed by atoms with Crippen molar-refractivity contribution in [2.45, 2.75) is 12.2 Å². The van der Waals surface area contributed by atoms with Crippen LogP contribution in [0.15, 0.2) is 30.3 Å². The SMILES string of the molecule is COC[C@@H]1OS(=O)(=O)O[C@H]1c1ccccc1. The van der Waals surface area contributed by atoms with E-state index in [4.69, 9.17) is 13.1 Å². The standard InChI is InChI=1S/C10H12O5S/c1-13-7-9-10(15-16(11,12)14-9)8-5-3-2-4-6-8/h2-6,9-10H,7H2,1H3/t9-,10-/m0/s1. The third-order valence-electron chi connectivity index (χ3n) is 2.26. The molecule has 88 valence electrons. The molecular weight excluding hydrogens is 232 g/mol. The molecule has 2 atom stereocenters. The third-order valence-corrected chi connectivity index (χ3v) is 3.19. The summed E-state index contributed by atoms with van der Waals surface area (Å²) in [5.41, 5.74) is 0.755. The number of hydrogen-bond donors (Lipinski definition) is 0. The Kier molecular flexibility index (Phi) is 3.25. The Morgan fingerprint density at radius 2 is 1.94 bits per heavy atom. The molecule has 0 spiro atoms. The topological polar surface area (TPSA) is 61.8 Å². The van der Waals surface area contributed by atoms with E-state index in [9.17, 15) is 8.42 Å². The van der Waals surface area contributed by atoms with Crippen molar-refractivity contribution in [3.05, 3.63) is 35.9 Å². The van der Waals surface area contributed by atoms with Crippen LogP contribution in [0, 0.1) is 0 Å². The number of methoxy groups -OCH3 is 1. The highest BCUT2D eigenvalue weighted by Gasteiger charge is 2.40. The average molecular weight is 244 g/mol. The number of rotatable bonds is 3. The molecule has 5 nitrogen and oxygen atoms in total. The zero-order chi connectivity index (χ0) is 11.6. The smallest absolute Gasteiger partial charge is 0.382 e. The van der Waals surface area contributed by atoms with Crippen LogP contribution in [0.1, 0.15) is 11.7 Å². The molecule has 1 fully saturated rings. The molecule has 1 aliphatic rings. The summed E-state index contributed by atoms with van der Waals surface area (Å²) >= 11 is 0. The maximum atomic E-state index is 11.2.